The molecule has 0 bridgehead atoms. The third kappa shape index (κ3) is 6.86. The maximum atomic E-state index is 11.1. The van der Waals surface area contributed by atoms with Crippen molar-refractivity contribution in [1.82, 2.24) is 0 Å². The molecule has 0 aromatic rings. The highest BCUT2D eigenvalue weighted by atomic mass is 32.1. The zero-order valence-corrected chi connectivity index (χ0v) is 8.76. The first-order valence-corrected chi connectivity index (χ1v) is 4.96. The number of hydrogen-bond acceptors (Lipinski definition) is 5. The Hall–Kier alpha value is -0.260. The van der Waals surface area contributed by atoms with Gasteiger partial charge in [0.1, 0.15) is 12.6 Å². The third-order valence-corrected chi connectivity index (χ3v) is 1.68. The monoisotopic (exact) mass is 207 g/mol. The molecule has 0 fully saturated rings. The van der Waals surface area contributed by atoms with Crippen molar-refractivity contribution in [1.29, 1.82) is 0 Å². The van der Waals surface area contributed by atoms with Gasteiger partial charge in [0.2, 0.25) is 0 Å². The summed E-state index contributed by atoms with van der Waals surface area (Å²) in [6.45, 7) is 3.21. The van der Waals surface area contributed by atoms with Crippen LogP contribution in [0.5, 0.6) is 0 Å². The average Bonchev–Trinajstić information content (AvgIpc) is 2.12. The van der Waals surface area contributed by atoms with Gasteiger partial charge in [0.05, 0.1) is 6.61 Å². The van der Waals surface area contributed by atoms with E-state index < -0.39 is 6.04 Å². The Labute approximate surface area is 84.2 Å². The van der Waals surface area contributed by atoms with E-state index in [2.05, 4.69) is 12.6 Å². The normalized spacial score (nSPS) is 12.5. The van der Waals surface area contributed by atoms with Crippen molar-refractivity contribution in [3.63, 3.8) is 0 Å². The SMILES string of the molecule is CCOCCOC(=O)C(N)CCS. The van der Waals surface area contributed by atoms with Crippen LogP contribution in [-0.2, 0) is 14.3 Å². The smallest absolute Gasteiger partial charge is 0.323 e. The van der Waals surface area contributed by atoms with Gasteiger partial charge in [0, 0.05) is 6.61 Å². The molecule has 5 heteroatoms. The van der Waals surface area contributed by atoms with Gasteiger partial charge in [-0.1, -0.05) is 0 Å². The minimum absolute atomic E-state index is 0.271. The van der Waals surface area contributed by atoms with Crippen molar-refractivity contribution < 1.29 is 14.3 Å². The first-order valence-electron chi connectivity index (χ1n) is 4.33. The molecule has 0 aliphatic carbocycles. The summed E-state index contributed by atoms with van der Waals surface area (Å²) in [6.07, 6.45) is 0.538. The van der Waals surface area contributed by atoms with Gasteiger partial charge < -0.3 is 15.2 Å². The fraction of sp³-hybridized carbons (Fsp3) is 0.875. The molecule has 0 rings (SSSR count). The lowest BCUT2D eigenvalue weighted by Crippen LogP contribution is -2.33. The van der Waals surface area contributed by atoms with Crippen molar-refractivity contribution in [2.75, 3.05) is 25.6 Å². The highest BCUT2D eigenvalue weighted by Gasteiger charge is 2.13. The Balaban J connectivity index is 3.38. The summed E-state index contributed by atoms with van der Waals surface area (Å²) in [5.41, 5.74) is 5.48. The van der Waals surface area contributed by atoms with Gasteiger partial charge in [0.25, 0.3) is 0 Å². The van der Waals surface area contributed by atoms with Crippen LogP contribution in [0.25, 0.3) is 0 Å². The predicted octanol–water partition coefficient (Wildman–Crippen LogP) is 0.213. The Kier molecular flexibility index (Phi) is 8.18. The van der Waals surface area contributed by atoms with Crippen molar-refractivity contribution in [2.24, 2.45) is 5.73 Å². The predicted molar refractivity (Wildman–Crippen MR) is 53.9 cm³/mol. The second-order valence-corrected chi connectivity index (χ2v) is 2.93. The molecule has 2 N–H and O–H groups in total. The fourth-order valence-corrected chi connectivity index (χ4v) is 0.988. The quantitative estimate of drug-likeness (QED) is 0.356. The maximum absolute atomic E-state index is 11.1. The largest absolute Gasteiger partial charge is 0.462 e. The minimum atomic E-state index is -0.556. The third-order valence-electron chi connectivity index (χ3n) is 1.42. The minimum Gasteiger partial charge on any atom is -0.462 e. The number of hydrogen-bond donors (Lipinski definition) is 2. The van der Waals surface area contributed by atoms with E-state index in [0.717, 1.165) is 0 Å². The lowest BCUT2D eigenvalue weighted by Gasteiger charge is -2.09. The van der Waals surface area contributed by atoms with Crippen LogP contribution in [-0.4, -0.2) is 37.6 Å². The first kappa shape index (κ1) is 12.7. The second kappa shape index (κ2) is 8.34. The molecule has 0 spiro atoms. The summed E-state index contributed by atoms with van der Waals surface area (Å²) in [5.74, 6) is 0.204. The van der Waals surface area contributed by atoms with Crippen LogP contribution < -0.4 is 5.73 Å². The van der Waals surface area contributed by atoms with Crippen LogP contribution in [0.4, 0.5) is 0 Å². The fourth-order valence-electron chi connectivity index (χ4n) is 0.709. The molecule has 0 saturated heterocycles. The molecule has 1 atom stereocenters. The van der Waals surface area contributed by atoms with Crippen LogP contribution in [0.2, 0.25) is 0 Å². The van der Waals surface area contributed by atoms with E-state index in [9.17, 15) is 4.79 Å². The van der Waals surface area contributed by atoms with Crippen molar-refractivity contribution >= 4 is 18.6 Å². The van der Waals surface area contributed by atoms with Gasteiger partial charge in [0.15, 0.2) is 0 Å². The molecule has 0 aliphatic heterocycles. The topological polar surface area (TPSA) is 61.5 Å². The number of ether oxygens (including phenoxy) is 2. The summed E-state index contributed by atoms with van der Waals surface area (Å²) >= 11 is 3.97. The molecule has 0 saturated carbocycles. The van der Waals surface area contributed by atoms with Crippen LogP contribution in [0.1, 0.15) is 13.3 Å². The van der Waals surface area contributed by atoms with Crippen molar-refractivity contribution in [2.45, 2.75) is 19.4 Å². The molecule has 0 aromatic heterocycles. The van der Waals surface area contributed by atoms with Gasteiger partial charge in [-0.05, 0) is 19.1 Å². The standard InChI is InChI=1S/C8H17NO3S/c1-2-11-4-5-12-8(10)7(9)3-6-13/h7,13H,2-6,9H2,1H3. The van der Waals surface area contributed by atoms with Gasteiger partial charge >= 0.3 is 5.97 Å². The molecular formula is C8H17NO3S. The van der Waals surface area contributed by atoms with Crippen molar-refractivity contribution in [3.8, 4) is 0 Å². The van der Waals surface area contributed by atoms with Crippen LogP contribution >= 0.6 is 12.6 Å². The molecule has 0 amide bonds. The molecule has 1 unspecified atom stereocenters. The highest BCUT2D eigenvalue weighted by molar-refractivity contribution is 7.80. The lowest BCUT2D eigenvalue weighted by molar-refractivity contribution is -0.146. The number of carbonyl (C=O) groups excluding carboxylic acids is 1. The number of rotatable bonds is 7. The Bertz CT molecular complexity index is 143. The lowest BCUT2D eigenvalue weighted by atomic mass is 10.2. The zero-order chi connectivity index (χ0) is 10.1. The Morgan fingerprint density at radius 1 is 1.54 bits per heavy atom. The summed E-state index contributed by atoms with van der Waals surface area (Å²) < 4.78 is 9.83. The molecular weight excluding hydrogens is 190 g/mol. The summed E-state index contributed by atoms with van der Waals surface area (Å²) in [5, 5.41) is 0. The average molecular weight is 207 g/mol. The van der Waals surface area contributed by atoms with Crippen LogP contribution in [0.3, 0.4) is 0 Å². The van der Waals surface area contributed by atoms with E-state index in [1.54, 1.807) is 0 Å². The van der Waals surface area contributed by atoms with Crippen LogP contribution in [0, 0.1) is 0 Å². The van der Waals surface area contributed by atoms with E-state index >= 15 is 0 Å². The molecule has 78 valence electrons. The molecule has 0 aliphatic rings. The summed E-state index contributed by atoms with van der Waals surface area (Å²) in [4.78, 5) is 11.1. The van der Waals surface area contributed by atoms with E-state index in [-0.39, 0.29) is 12.6 Å². The maximum Gasteiger partial charge on any atom is 0.323 e. The number of carbonyl (C=O) groups is 1. The van der Waals surface area contributed by atoms with Gasteiger partial charge in [-0.2, -0.15) is 12.6 Å². The number of nitrogens with two attached hydrogens (primary N) is 1. The number of thiol groups is 1. The van der Waals surface area contributed by atoms with Crippen LogP contribution in [0.15, 0.2) is 0 Å². The molecule has 0 radical (unpaired) electrons. The molecule has 13 heavy (non-hydrogen) atoms. The second-order valence-electron chi connectivity index (χ2n) is 2.48. The molecule has 0 aromatic carbocycles. The number of esters is 1. The Morgan fingerprint density at radius 3 is 2.77 bits per heavy atom. The summed E-state index contributed by atoms with van der Waals surface area (Å²) in [7, 11) is 0. The van der Waals surface area contributed by atoms with E-state index in [1.165, 1.54) is 0 Å². The summed E-state index contributed by atoms with van der Waals surface area (Å²) in [6, 6.07) is -0.556. The van der Waals surface area contributed by atoms with E-state index in [4.69, 9.17) is 15.2 Å². The van der Waals surface area contributed by atoms with E-state index in [1.807, 2.05) is 6.92 Å². The van der Waals surface area contributed by atoms with Crippen molar-refractivity contribution in [3.05, 3.63) is 0 Å². The van der Waals surface area contributed by atoms with Gasteiger partial charge in [-0.25, -0.2) is 0 Å². The first-order chi connectivity index (χ1) is 6.22. The Morgan fingerprint density at radius 2 is 2.23 bits per heavy atom. The van der Waals surface area contributed by atoms with Gasteiger partial charge in [-0.3, -0.25) is 4.79 Å². The molecule has 4 nitrogen and oxygen atoms in total. The highest BCUT2D eigenvalue weighted by Crippen LogP contribution is 1.94. The van der Waals surface area contributed by atoms with E-state index in [0.29, 0.717) is 25.4 Å². The van der Waals surface area contributed by atoms with Gasteiger partial charge in [-0.15, -0.1) is 0 Å². The zero-order valence-electron chi connectivity index (χ0n) is 7.86. The molecule has 0 heterocycles.